The number of aromatic hydroxyl groups is 3. The Hall–Kier alpha value is -2.73. The summed E-state index contributed by atoms with van der Waals surface area (Å²) in [6, 6.07) is 5.07. The molecule has 1 fully saturated rings. The molecule has 1 saturated heterocycles. The van der Waals surface area contributed by atoms with Crippen molar-refractivity contribution in [2.75, 3.05) is 6.61 Å². The van der Waals surface area contributed by atoms with Gasteiger partial charge in [-0.25, -0.2) is 0 Å². The molecule has 0 bridgehead atoms. The zero-order valence-corrected chi connectivity index (χ0v) is 16.1. The van der Waals surface area contributed by atoms with Crippen LogP contribution in [-0.4, -0.2) is 83.8 Å². The van der Waals surface area contributed by atoms with Crippen molar-refractivity contribution in [2.24, 2.45) is 0 Å². The number of rotatable bonds is 3. The van der Waals surface area contributed by atoms with Crippen LogP contribution in [0.5, 0.6) is 17.2 Å². The van der Waals surface area contributed by atoms with E-state index in [0.717, 1.165) is 6.07 Å². The van der Waals surface area contributed by atoms with E-state index in [4.69, 9.17) is 4.74 Å². The molecule has 0 spiro atoms. The number of hydrogen-bond donors (Lipinski definition) is 8. The molecule has 2 aliphatic rings. The van der Waals surface area contributed by atoms with Crippen LogP contribution in [0, 0.1) is 0 Å². The molecule has 8 N–H and O–H groups in total. The van der Waals surface area contributed by atoms with Crippen LogP contribution < -0.4 is 0 Å². The van der Waals surface area contributed by atoms with E-state index in [1.165, 1.54) is 18.2 Å². The van der Waals surface area contributed by atoms with Crippen LogP contribution in [-0.2, 0) is 11.3 Å². The molecule has 31 heavy (non-hydrogen) atoms. The van der Waals surface area contributed by atoms with Gasteiger partial charge in [-0.3, -0.25) is 4.79 Å². The molecule has 0 saturated carbocycles. The first-order chi connectivity index (χ1) is 14.7. The average Bonchev–Trinajstić information content (AvgIpc) is 2.75. The van der Waals surface area contributed by atoms with Crippen molar-refractivity contribution < 1.29 is 50.4 Å². The first kappa shape index (κ1) is 21.5. The van der Waals surface area contributed by atoms with Gasteiger partial charge in [0.1, 0.15) is 30.2 Å². The number of aliphatic hydroxyl groups excluding tert-OH is 5. The second-order valence-electron chi connectivity index (χ2n) is 7.74. The first-order valence-electron chi connectivity index (χ1n) is 9.57. The van der Waals surface area contributed by atoms with E-state index in [9.17, 15) is 45.6 Å². The summed E-state index contributed by atoms with van der Waals surface area (Å²) in [6.07, 6.45) is -7.52. The molecule has 1 aliphatic heterocycles. The first-order valence-corrected chi connectivity index (χ1v) is 9.57. The van der Waals surface area contributed by atoms with Crippen LogP contribution in [0.25, 0.3) is 0 Å². The van der Waals surface area contributed by atoms with E-state index in [-0.39, 0.29) is 27.8 Å². The Morgan fingerprint density at radius 2 is 1.55 bits per heavy atom. The average molecular weight is 434 g/mol. The summed E-state index contributed by atoms with van der Waals surface area (Å²) < 4.78 is 5.69. The Morgan fingerprint density at radius 1 is 0.839 bits per heavy atom. The molecule has 0 radical (unpaired) electrons. The van der Waals surface area contributed by atoms with E-state index < -0.39 is 72.7 Å². The minimum Gasteiger partial charge on any atom is -0.507 e. The number of phenolic OH excluding ortho intramolecular Hbond substituents is 3. The van der Waals surface area contributed by atoms with E-state index in [0.29, 0.717) is 0 Å². The highest BCUT2D eigenvalue weighted by Crippen LogP contribution is 2.49. The van der Waals surface area contributed by atoms with Crippen LogP contribution in [0.3, 0.4) is 0 Å². The van der Waals surface area contributed by atoms with Gasteiger partial charge in [0, 0.05) is 5.92 Å². The lowest BCUT2D eigenvalue weighted by Crippen LogP contribution is -2.60. The Labute approximate surface area is 175 Å². The minimum absolute atomic E-state index is 0.131. The van der Waals surface area contributed by atoms with Gasteiger partial charge in [-0.15, -0.1) is 0 Å². The Balaban J connectivity index is 1.98. The summed E-state index contributed by atoms with van der Waals surface area (Å²) in [4.78, 5) is 13.1. The zero-order valence-electron chi connectivity index (χ0n) is 16.1. The molecule has 1 unspecified atom stereocenters. The number of aliphatic hydroxyl groups is 5. The second kappa shape index (κ2) is 7.75. The molecule has 2 aromatic rings. The molecule has 1 heterocycles. The van der Waals surface area contributed by atoms with Crippen molar-refractivity contribution in [3.63, 3.8) is 0 Å². The topological polar surface area (TPSA) is 188 Å². The van der Waals surface area contributed by atoms with Gasteiger partial charge in [0.2, 0.25) is 5.78 Å². The molecule has 2 aromatic carbocycles. The number of carbonyl (C=O) groups is 1. The Kier molecular flexibility index (Phi) is 5.38. The normalized spacial score (nSPS) is 30.0. The third kappa shape index (κ3) is 3.16. The molecule has 10 heteroatoms. The molecule has 166 valence electrons. The molecule has 10 nitrogen and oxygen atoms in total. The quantitative estimate of drug-likeness (QED) is 0.273. The standard InChI is InChI=1S/C21H22O10/c22-5-7-3-9-13(21-20(30)19(29)17(27)12(6-23)31-21)8-1-2-10(24)16(26)15(8)18(28)14(9)11(25)4-7/h1-4,12-13,17,19-27,29-30H,5-6H2/t12-,13?,17-,19+,20-,21+/m1/s1. The number of phenols is 3. The fourth-order valence-corrected chi connectivity index (χ4v) is 4.44. The van der Waals surface area contributed by atoms with E-state index in [1.807, 2.05) is 0 Å². The van der Waals surface area contributed by atoms with Gasteiger partial charge in [-0.2, -0.15) is 0 Å². The summed E-state index contributed by atoms with van der Waals surface area (Å²) in [5.74, 6) is -3.66. The van der Waals surface area contributed by atoms with Crippen LogP contribution >= 0.6 is 0 Å². The van der Waals surface area contributed by atoms with Gasteiger partial charge in [-0.05, 0) is 28.8 Å². The predicted molar refractivity (Wildman–Crippen MR) is 103 cm³/mol. The van der Waals surface area contributed by atoms with Crippen molar-refractivity contribution in [2.45, 2.75) is 43.0 Å². The van der Waals surface area contributed by atoms with Crippen molar-refractivity contribution in [3.8, 4) is 17.2 Å². The second-order valence-corrected chi connectivity index (χ2v) is 7.74. The summed E-state index contributed by atoms with van der Waals surface area (Å²) in [6.45, 7) is -1.14. The van der Waals surface area contributed by atoms with Crippen LogP contribution in [0.1, 0.15) is 38.5 Å². The van der Waals surface area contributed by atoms with Crippen LogP contribution in [0.4, 0.5) is 0 Å². The number of fused-ring (bicyclic) bond motifs is 2. The van der Waals surface area contributed by atoms with Crippen LogP contribution in [0.15, 0.2) is 24.3 Å². The molecule has 0 aromatic heterocycles. The van der Waals surface area contributed by atoms with Gasteiger partial charge in [-0.1, -0.05) is 12.1 Å². The number of hydrogen-bond acceptors (Lipinski definition) is 10. The number of ketones is 1. The lowest BCUT2D eigenvalue weighted by atomic mass is 9.71. The highest BCUT2D eigenvalue weighted by atomic mass is 16.5. The van der Waals surface area contributed by atoms with E-state index in [2.05, 4.69) is 0 Å². The fraction of sp³-hybridized carbons (Fsp3) is 0.381. The maximum atomic E-state index is 13.1. The summed E-state index contributed by atoms with van der Waals surface area (Å²) in [5.41, 5.74) is -0.0123. The lowest BCUT2D eigenvalue weighted by Gasteiger charge is -2.45. The van der Waals surface area contributed by atoms with Gasteiger partial charge < -0.3 is 45.6 Å². The lowest BCUT2D eigenvalue weighted by molar-refractivity contribution is -0.232. The Morgan fingerprint density at radius 3 is 2.19 bits per heavy atom. The monoisotopic (exact) mass is 434 g/mol. The number of carbonyl (C=O) groups excluding carboxylic acids is 1. The summed E-state index contributed by atoms with van der Waals surface area (Å²) in [7, 11) is 0. The van der Waals surface area contributed by atoms with Crippen LogP contribution in [0.2, 0.25) is 0 Å². The van der Waals surface area contributed by atoms with Gasteiger partial charge in [0.25, 0.3) is 0 Å². The zero-order chi connectivity index (χ0) is 22.6. The summed E-state index contributed by atoms with van der Waals surface area (Å²) in [5, 5.41) is 80.9. The van der Waals surface area contributed by atoms with E-state index in [1.54, 1.807) is 0 Å². The van der Waals surface area contributed by atoms with Gasteiger partial charge >= 0.3 is 0 Å². The maximum absolute atomic E-state index is 13.1. The van der Waals surface area contributed by atoms with Crippen molar-refractivity contribution in [1.82, 2.24) is 0 Å². The van der Waals surface area contributed by atoms with E-state index >= 15 is 0 Å². The number of benzene rings is 2. The molecule has 0 amide bonds. The van der Waals surface area contributed by atoms with Crippen molar-refractivity contribution in [1.29, 1.82) is 0 Å². The molecule has 1 aliphatic carbocycles. The highest BCUT2D eigenvalue weighted by Gasteiger charge is 2.50. The van der Waals surface area contributed by atoms with Crippen molar-refractivity contribution >= 4 is 5.78 Å². The van der Waals surface area contributed by atoms with Gasteiger partial charge in [0.05, 0.1) is 30.4 Å². The molecular weight excluding hydrogens is 412 g/mol. The fourth-order valence-electron chi connectivity index (χ4n) is 4.44. The third-order valence-corrected chi connectivity index (χ3v) is 5.96. The SMILES string of the molecule is O=C1c2c(O)cc(CO)cc2C([C@@H]2O[C@H](CO)[C@@H](O)[C@H](O)[C@H]2O)c2ccc(O)c(O)c21. The molecule has 4 rings (SSSR count). The molecule has 6 atom stereocenters. The maximum Gasteiger partial charge on any atom is 0.201 e. The molecular formula is C21H22O10. The minimum atomic E-state index is -1.69. The predicted octanol–water partition coefficient (Wildman–Crippen LogP) is -1.19. The highest BCUT2D eigenvalue weighted by molar-refractivity contribution is 6.16. The largest absolute Gasteiger partial charge is 0.507 e. The smallest absolute Gasteiger partial charge is 0.201 e. The van der Waals surface area contributed by atoms with Crippen molar-refractivity contribution in [3.05, 3.63) is 52.1 Å². The Bertz CT molecular complexity index is 1030. The third-order valence-electron chi connectivity index (χ3n) is 5.96. The van der Waals surface area contributed by atoms with Gasteiger partial charge in [0.15, 0.2) is 11.5 Å². The number of ether oxygens (including phenoxy) is 1. The summed E-state index contributed by atoms with van der Waals surface area (Å²) >= 11 is 0.